The topological polar surface area (TPSA) is 99.5 Å². The number of halogens is 4. The summed E-state index contributed by atoms with van der Waals surface area (Å²) in [5.41, 5.74) is -0.570. The van der Waals surface area contributed by atoms with Crippen molar-refractivity contribution in [2.45, 2.75) is 33.0 Å². The average molecular weight is 512 g/mol. The maximum Gasteiger partial charge on any atom is 0.436 e. The standard InChI is InChI=1S/C17H17BrF3N3O5S/c1-7-10(15(26)28-3)14(30-12(7)16(27)29-4)22-9(25)5-6-24-8(2)11(18)13(23-24)17(19,20)21/h5-6H2,1-4H3,(H,22,25). The van der Waals surface area contributed by atoms with Crippen molar-refractivity contribution in [3.8, 4) is 0 Å². The fourth-order valence-corrected chi connectivity index (χ4v) is 4.19. The van der Waals surface area contributed by atoms with Gasteiger partial charge in [0.1, 0.15) is 9.88 Å². The van der Waals surface area contributed by atoms with Crippen molar-refractivity contribution in [1.29, 1.82) is 0 Å². The molecule has 2 heterocycles. The van der Waals surface area contributed by atoms with Gasteiger partial charge in [0.2, 0.25) is 5.91 Å². The van der Waals surface area contributed by atoms with Crippen molar-refractivity contribution < 1.29 is 37.0 Å². The number of rotatable bonds is 6. The summed E-state index contributed by atoms with van der Waals surface area (Å²) in [5, 5.41) is 6.09. The van der Waals surface area contributed by atoms with Crippen molar-refractivity contribution in [2.24, 2.45) is 0 Å². The minimum atomic E-state index is -4.63. The number of nitrogens with one attached hydrogen (secondary N) is 1. The zero-order valence-corrected chi connectivity index (χ0v) is 18.7. The van der Waals surface area contributed by atoms with Crippen LogP contribution in [0.15, 0.2) is 4.47 Å². The second kappa shape index (κ2) is 9.16. The number of amides is 1. The molecule has 0 bridgehead atoms. The van der Waals surface area contributed by atoms with E-state index in [1.165, 1.54) is 21.0 Å². The maximum atomic E-state index is 13.0. The predicted molar refractivity (Wildman–Crippen MR) is 105 cm³/mol. The monoisotopic (exact) mass is 511 g/mol. The molecule has 13 heteroatoms. The quantitative estimate of drug-likeness (QED) is 0.589. The molecular weight excluding hydrogens is 495 g/mol. The van der Waals surface area contributed by atoms with Gasteiger partial charge in [-0.1, -0.05) is 0 Å². The van der Waals surface area contributed by atoms with Gasteiger partial charge in [-0.15, -0.1) is 11.3 Å². The number of ether oxygens (including phenoxy) is 2. The number of hydrogen-bond donors (Lipinski definition) is 1. The molecule has 1 N–H and O–H groups in total. The summed E-state index contributed by atoms with van der Waals surface area (Å²) in [6.07, 6.45) is -4.86. The van der Waals surface area contributed by atoms with E-state index in [1.54, 1.807) is 0 Å². The van der Waals surface area contributed by atoms with Gasteiger partial charge in [0, 0.05) is 6.42 Å². The van der Waals surface area contributed by atoms with E-state index in [0.29, 0.717) is 0 Å². The Balaban J connectivity index is 2.21. The molecule has 0 spiro atoms. The largest absolute Gasteiger partial charge is 0.465 e. The molecule has 0 unspecified atom stereocenters. The van der Waals surface area contributed by atoms with Gasteiger partial charge in [-0.25, -0.2) is 9.59 Å². The van der Waals surface area contributed by atoms with E-state index in [-0.39, 0.29) is 44.1 Å². The molecule has 0 aliphatic carbocycles. The molecule has 164 valence electrons. The van der Waals surface area contributed by atoms with Crippen LogP contribution in [0, 0.1) is 13.8 Å². The van der Waals surface area contributed by atoms with E-state index < -0.39 is 29.7 Å². The van der Waals surface area contributed by atoms with Crippen molar-refractivity contribution >= 4 is 50.1 Å². The summed E-state index contributed by atoms with van der Waals surface area (Å²) in [7, 11) is 2.33. The number of hydrogen-bond acceptors (Lipinski definition) is 7. The highest BCUT2D eigenvalue weighted by Crippen LogP contribution is 2.36. The first-order valence-electron chi connectivity index (χ1n) is 8.32. The van der Waals surface area contributed by atoms with Crippen LogP contribution in [0.3, 0.4) is 0 Å². The minimum absolute atomic E-state index is 0.00798. The van der Waals surface area contributed by atoms with Crippen LogP contribution in [-0.2, 0) is 27.0 Å². The number of thiophene rings is 1. The van der Waals surface area contributed by atoms with Crippen LogP contribution in [0.25, 0.3) is 0 Å². The number of alkyl halides is 3. The van der Waals surface area contributed by atoms with Gasteiger partial charge in [0.25, 0.3) is 0 Å². The smallest absolute Gasteiger partial charge is 0.436 e. The molecule has 30 heavy (non-hydrogen) atoms. The first-order valence-corrected chi connectivity index (χ1v) is 9.93. The summed E-state index contributed by atoms with van der Waals surface area (Å²) in [5.74, 6) is -2.02. The first-order chi connectivity index (χ1) is 13.9. The fourth-order valence-electron chi connectivity index (χ4n) is 2.56. The second-order valence-electron chi connectivity index (χ2n) is 6.01. The normalized spacial score (nSPS) is 11.3. The molecule has 0 aliphatic rings. The Kier molecular flexibility index (Phi) is 7.29. The number of aryl methyl sites for hydroxylation is 1. The van der Waals surface area contributed by atoms with E-state index in [4.69, 9.17) is 4.74 Å². The Morgan fingerprint density at radius 2 is 1.77 bits per heavy atom. The number of methoxy groups -OCH3 is 2. The van der Waals surface area contributed by atoms with Gasteiger partial charge in [-0.3, -0.25) is 9.48 Å². The molecule has 2 aromatic heterocycles. The molecule has 0 aliphatic heterocycles. The lowest BCUT2D eigenvalue weighted by molar-refractivity contribution is -0.142. The molecule has 1 amide bonds. The summed E-state index contributed by atoms with van der Waals surface area (Å²) < 4.78 is 49.1. The SMILES string of the molecule is COC(=O)c1sc(NC(=O)CCn2nc(C(F)(F)F)c(Br)c2C)c(C(=O)OC)c1C. The zero-order valence-electron chi connectivity index (χ0n) is 16.3. The number of carbonyl (C=O) groups excluding carboxylic acids is 3. The van der Waals surface area contributed by atoms with Crippen molar-refractivity contribution in [2.75, 3.05) is 19.5 Å². The number of nitrogens with zero attached hydrogens (tertiary/aromatic N) is 2. The third kappa shape index (κ3) is 4.83. The third-order valence-electron chi connectivity index (χ3n) is 4.11. The number of carbonyl (C=O) groups is 3. The highest BCUT2D eigenvalue weighted by Gasteiger charge is 2.38. The number of esters is 2. The lowest BCUT2D eigenvalue weighted by atomic mass is 10.1. The lowest BCUT2D eigenvalue weighted by Gasteiger charge is -2.07. The van der Waals surface area contributed by atoms with Gasteiger partial charge in [0.15, 0.2) is 5.69 Å². The summed E-state index contributed by atoms with van der Waals surface area (Å²) in [4.78, 5) is 36.4. The van der Waals surface area contributed by atoms with Gasteiger partial charge < -0.3 is 14.8 Å². The summed E-state index contributed by atoms with van der Waals surface area (Å²) >= 11 is 3.70. The molecule has 2 rings (SSSR count). The Morgan fingerprint density at radius 1 is 1.17 bits per heavy atom. The predicted octanol–water partition coefficient (Wildman–Crippen LogP) is 3.94. The Hall–Kier alpha value is -2.41. The van der Waals surface area contributed by atoms with Crippen molar-refractivity contribution in [3.63, 3.8) is 0 Å². The molecule has 0 saturated carbocycles. The number of aromatic nitrogens is 2. The van der Waals surface area contributed by atoms with E-state index in [1.807, 2.05) is 0 Å². The fraction of sp³-hybridized carbons (Fsp3) is 0.412. The van der Waals surface area contributed by atoms with E-state index >= 15 is 0 Å². The molecule has 0 saturated heterocycles. The number of anilines is 1. The molecule has 0 fully saturated rings. The van der Waals surface area contributed by atoms with Crippen LogP contribution in [0.1, 0.15) is 43.4 Å². The maximum absolute atomic E-state index is 13.0. The van der Waals surface area contributed by atoms with Crippen LogP contribution >= 0.6 is 27.3 Å². The first kappa shape index (κ1) is 23.9. The van der Waals surface area contributed by atoms with Crippen LogP contribution in [-0.4, -0.2) is 41.8 Å². The van der Waals surface area contributed by atoms with Gasteiger partial charge >= 0.3 is 18.1 Å². The highest BCUT2D eigenvalue weighted by atomic mass is 79.9. The summed E-state index contributed by atoms with van der Waals surface area (Å²) in [6, 6.07) is 0. The Labute approximate surface area is 181 Å². The van der Waals surface area contributed by atoms with Gasteiger partial charge in [-0.2, -0.15) is 18.3 Å². The van der Waals surface area contributed by atoms with Gasteiger partial charge in [-0.05, 0) is 35.3 Å². The molecular formula is C17H17BrF3N3O5S. The van der Waals surface area contributed by atoms with E-state index in [0.717, 1.165) is 23.1 Å². The van der Waals surface area contributed by atoms with Gasteiger partial charge in [0.05, 0.1) is 36.5 Å². The molecule has 8 nitrogen and oxygen atoms in total. The van der Waals surface area contributed by atoms with Crippen molar-refractivity contribution in [1.82, 2.24) is 9.78 Å². The summed E-state index contributed by atoms with van der Waals surface area (Å²) in [6.45, 7) is 2.81. The highest BCUT2D eigenvalue weighted by molar-refractivity contribution is 9.10. The van der Waals surface area contributed by atoms with Crippen LogP contribution < -0.4 is 5.32 Å². The van der Waals surface area contributed by atoms with Crippen LogP contribution in [0.5, 0.6) is 0 Å². The molecule has 2 aromatic rings. The van der Waals surface area contributed by atoms with E-state index in [2.05, 4.69) is 31.1 Å². The Morgan fingerprint density at radius 3 is 2.27 bits per heavy atom. The third-order valence-corrected chi connectivity index (χ3v) is 6.25. The van der Waals surface area contributed by atoms with Crippen LogP contribution in [0.4, 0.5) is 18.2 Å². The average Bonchev–Trinajstić information content (AvgIpc) is 3.15. The lowest BCUT2D eigenvalue weighted by Crippen LogP contribution is -2.17. The molecule has 0 radical (unpaired) electrons. The van der Waals surface area contributed by atoms with Crippen LogP contribution in [0.2, 0.25) is 0 Å². The minimum Gasteiger partial charge on any atom is -0.465 e. The van der Waals surface area contributed by atoms with E-state index in [9.17, 15) is 27.6 Å². The molecule has 0 atom stereocenters. The zero-order chi connectivity index (χ0) is 22.8. The second-order valence-corrected chi connectivity index (χ2v) is 7.82. The molecule has 0 aromatic carbocycles. The van der Waals surface area contributed by atoms with Crippen molar-refractivity contribution in [3.05, 3.63) is 31.9 Å². The Bertz CT molecular complexity index is 1000.